The predicted molar refractivity (Wildman–Crippen MR) is 290 cm³/mol. The van der Waals surface area contributed by atoms with E-state index >= 15 is 0 Å². The first kappa shape index (κ1) is 50.6. The molecule has 3 atom stereocenters. The van der Waals surface area contributed by atoms with Crippen molar-refractivity contribution in [1.29, 1.82) is 0 Å². The summed E-state index contributed by atoms with van der Waals surface area (Å²) in [4.78, 5) is 59.2. The molecule has 7 aromatic rings. The highest BCUT2D eigenvalue weighted by atomic mass is 28.3. The molecule has 2 fully saturated rings. The Kier molecular flexibility index (Phi) is 16.0. The summed E-state index contributed by atoms with van der Waals surface area (Å²) in [6, 6.07) is 70.1. The van der Waals surface area contributed by atoms with E-state index in [0.29, 0.717) is 25.7 Å². The number of amides is 4. The van der Waals surface area contributed by atoms with Crippen LogP contribution in [0.3, 0.4) is 0 Å². The van der Waals surface area contributed by atoms with E-state index in [9.17, 15) is 19.2 Å². The number of ether oxygens (including phenoxy) is 2. The zero-order valence-electron chi connectivity index (χ0n) is 41.8. The second kappa shape index (κ2) is 23.1. The summed E-state index contributed by atoms with van der Waals surface area (Å²) in [6.07, 6.45) is 6.14. The van der Waals surface area contributed by atoms with E-state index in [1.54, 1.807) is 0 Å². The number of carbonyl (C=O) groups excluding carboxylic acids is 4. The van der Waals surface area contributed by atoms with E-state index in [-0.39, 0.29) is 61.6 Å². The lowest BCUT2D eigenvalue weighted by Crippen LogP contribution is -2.49. The average Bonchev–Trinajstić information content (AvgIpc) is 4.02. The molecule has 4 amide bonds. The van der Waals surface area contributed by atoms with Crippen molar-refractivity contribution in [3.05, 3.63) is 258 Å². The van der Waals surface area contributed by atoms with Crippen molar-refractivity contribution >= 4 is 36.9 Å². The summed E-state index contributed by atoms with van der Waals surface area (Å²) in [5.41, 5.74) is 3.61. The maximum atomic E-state index is 14.8. The first-order valence-corrected chi connectivity index (χ1v) is 28.7. The van der Waals surface area contributed by atoms with Crippen LogP contribution in [0.5, 0.6) is 0 Å². The van der Waals surface area contributed by atoms with Gasteiger partial charge in [0.05, 0.1) is 33.4 Å². The van der Waals surface area contributed by atoms with Crippen LogP contribution in [0.4, 0.5) is 0 Å². The van der Waals surface area contributed by atoms with Gasteiger partial charge < -0.3 is 9.47 Å². The monoisotopic (exact) mass is 984 g/mol. The number of hydrogen-bond donors (Lipinski definition) is 0. The minimum Gasteiger partial charge on any atom is -0.359 e. The molecule has 2 saturated heterocycles. The molecule has 73 heavy (non-hydrogen) atoms. The molecule has 9 heteroatoms. The van der Waals surface area contributed by atoms with Crippen LogP contribution in [0.25, 0.3) is 0 Å². The van der Waals surface area contributed by atoms with Crippen molar-refractivity contribution in [2.24, 2.45) is 0 Å². The van der Waals surface area contributed by atoms with E-state index in [4.69, 9.17) is 9.47 Å². The lowest BCUT2D eigenvalue weighted by molar-refractivity contribution is -0.146. The number of likely N-dealkylation sites (tertiary alicyclic amines) is 2. The Morgan fingerprint density at radius 2 is 0.849 bits per heavy atom. The van der Waals surface area contributed by atoms with Gasteiger partial charge in [0.25, 0.3) is 5.91 Å². The third kappa shape index (κ3) is 10.8. The van der Waals surface area contributed by atoms with Crippen LogP contribution in [0.15, 0.2) is 224 Å². The molecule has 9 rings (SSSR count). The van der Waals surface area contributed by atoms with E-state index in [0.717, 1.165) is 33.4 Å². The van der Waals surface area contributed by atoms with Crippen molar-refractivity contribution in [2.45, 2.75) is 86.9 Å². The standard InChI is InChI=1S/C64H64N2O6Si/c1-73(2,57-38-22-9-23-39-57)58(46-62(70)66-56(43-45-61(66)69)48-72-64(52-32-16-6-17-33-52,53-34-18-7-19-35-53)54-36-20-8-21-37-54)40-24-25-41-59(67)65-55(42-44-60(65)68)47-71-63(49-26-10-3-11-27-49,50-28-12-4-13-29-50)51-30-14-5-15-31-51/h3-23,25-39,41,55-56,58H,24,40,42-48H2,1-2H3/b41-25+/t55-,56-,58-/m0/s1. The summed E-state index contributed by atoms with van der Waals surface area (Å²) in [5, 5.41) is 1.21. The second-order valence-electron chi connectivity index (χ2n) is 19.8. The van der Waals surface area contributed by atoms with Gasteiger partial charge in [0.2, 0.25) is 17.7 Å². The van der Waals surface area contributed by atoms with Crippen LogP contribution in [0.2, 0.25) is 18.6 Å². The molecule has 2 heterocycles. The van der Waals surface area contributed by atoms with Crippen molar-refractivity contribution in [3.63, 3.8) is 0 Å². The maximum Gasteiger partial charge on any atom is 0.253 e. The molecular formula is C64H64N2O6Si. The summed E-state index contributed by atoms with van der Waals surface area (Å²) >= 11 is 0. The number of carbonyl (C=O) groups is 4. The fraction of sp³-hybridized carbons (Fsp3) is 0.250. The third-order valence-corrected chi connectivity index (χ3v) is 19.5. The van der Waals surface area contributed by atoms with Crippen molar-refractivity contribution in [2.75, 3.05) is 13.2 Å². The molecule has 0 N–H and O–H groups in total. The summed E-state index contributed by atoms with van der Waals surface area (Å²) in [7, 11) is -2.37. The highest BCUT2D eigenvalue weighted by Crippen LogP contribution is 2.43. The van der Waals surface area contributed by atoms with Gasteiger partial charge >= 0.3 is 0 Å². The van der Waals surface area contributed by atoms with Crippen molar-refractivity contribution in [3.8, 4) is 0 Å². The molecule has 0 radical (unpaired) electrons. The molecule has 0 bridgehead atoms. The van der Waals surface area contributed by atoms with Crippen molar-refractivity contribution < 1.29 is 28.7 Å². The lowest BCUT2D eigenvalue weighted by Gasteiger charge is -2.38. The van der Waals surface area contributed by atoms with Gasteiger partial charge in [-0.2, -0.15) is 0 Å². The minimum absolute atomic E-state index is 0.0779. The van der Waals surface area contributed by atoms with Gasteiger partial charge in [-0.25, -0.2) is 0 Å². The quantitative estimate of drug-likeness (QED) is 0.0429. The molecule has 0 unspecified atom stereocenters. The Morgan fingerprint density at radius 3 is 1.22 bits per heavy atom. The van der Waals surface area contributed by atoms with E-state index in [2.05, 4.69) is 98.0 Å². The molecule has 7 aromatic carbocycles. The first-order valence-electron chi connectivity index (χ1n) is 25.7. The first-order chi connectivity index (χ1) is 35.6. The number of hydrogen-bond acceptors (Lipinski definition) is 6. The van der Waals surface area contributed by atoms with E-state index < -0.39 is 31.4 Å². The Balaban J connectivity index is 0.923. The van der Waals surface area contributed by atoms with Crippen LogP contribution in [-0.2, 0) is 39.9 Å². The van der Waals surface area contributed by atoms with Gasteiger partial charge in [-0.3, -0.25) is 29.0 Å². The minimum atomic E-state index is -2.37. The fourth-order valence-corrected chi connectivity index (χ4v) is 14.2. The topological polar surface area (TPSA) is 93.2 Å². The Labute approximate surface area is 431 Å². The zero-order chi connectivity index (χ0) is 50.7. The van der Waals surface area contributed by atoms with Crippen LogP contribution in [0, 0.1) is 0 Å². The molecule has 2 aliphatic heterocycles. The van der Waals surface area contributed by atoms with Crippen LogP contribution in [0.1, 0.15) is 78.3 Å². The van der Waals surface area contributed by atoms with Crippen LogP contribution in [-0.4, -0.2) is 66.8 Å². The van der Waals surface area contributed by atoms with E-state index in [1.807, 2.05) is 133 Å². The average molecular weight is 985 g/mol. The molecule has 370 valence electrons. The Hall–Kier alpha value is -7.30. The molecule has 0 spiro atoms. The molecule has 8 nitrogen and oxygen atoms in total. The van der Waals surface area contributed by atoms with Gasteiger partial charge in [-0.1, -0.05) is 237 Å². The molecule has 2 aliphatic rings. The normalized spacial score (nSPS) is 16.8. The van der Waals surface area contributed by atoms with Crippen LogP contribution < -0.4 is 5.19 Å². The SMILES string of the molecule is C[Si](C)(c1ccccc1)[C@@H](CC/C=C/C(=O)N1C(=O)CC[C@H]1COC(c1ccccc1)(c1ccccc1)c1ccccc1)CC(=O)N1C(=O)CC[C@H]1COC(c1ccccc1)(c1ccccc1)c1ccccc1. The van der Waals surface area contributed by atoms with Gasteiger partial charge in [-0.15, -0.1) is 0 Å². The van der Waals surface area contributed by atoms with Crippen molar-refractivity contribution in [1.82, 2.24) is 9.80 Å². The highest BCUT2D eigenvalue weighted by Gasteiger charge is 2.45. The van der Waals surface area contributed by atoms with Gasteiger partial charge in [0.1, 0.15) is 11.2 Å². The smallest absolute Gasteiger partial charge is 0.253 e. The molecular weight excluding hydrogens is 921 g/mol. The largest absolute Gasteiger partial charge is 0.359 e. The number of benzene rings is 7. The summed E-state index contributed by atoms with van der Waals surface area (Å²) < 4.78 is 14.3. The van der Waals surface area contributed by atoms with Gasteiger partial charge in [-0.05, 0) is 70.7 Å². The number of nitrogens with zero attached hydrogens (tertiary/aromatic N) is 2. The van der Waals surface area contributed by atoms with Gasteiger partial charge in [0, 0.05) is 19.3 Å². The van der Waals surface area contributed by atoms with E-state index in [1.165, 1.54) is 21.1 Å². The number of imide groups is 2. The maximum absolute atomic E-state index is 14.8. The third-order valence-electron chi connectivity index (χ3n) is 15.1. The summed E-state index contributed by atoms with van der Waals surface area (Å²) in [6.45, 7) is 4.85. The van der Waals surface area contributed by atoms with Gasteiger partial charge in [0.15, 0.2) is 0 Å². The zero-order valence-corrected chi connectivity index (χ0v) is 42.8. The summed E-state index contributed by atoms with van der Waals surface area (Å²) in [5.74, 6) is -0.993. The number of allylic oxidation sites excluding steroid dienone is 1. The molecule has 0 aliphatic carbocycles. The molecule has 0 saturated carbocycles. The Morgan fingerprint density at radius 1 is 0.521 bits per heavy atom. The Bertz CT molecular complexity index is 2760. The lowest BCUT2D eigenvalue weighted by atomic mass is 9.80. The van der Waals surface area contributed by atoms with Crippen LogP contribution >= 0.6 is 0 Å². The predicted octanol–water partition coefficient (Wildman–Crippen LogP) is 11.8. The number of rotatable bonds is 20. The second-order valence-corrected chi connectivity index (χ2v) is 24.6. The highest BCUT2D eigenvalue weighted by molar-refractivity contribution is 6.91. The molecule has 0 aromatic heterocycles. The fourth-order valence-electron chi connectivity index (χ4n) is 11.1.